The second-order valence-corrected chi connectivity index (χ2v) is 7.01. The second kappa shape index (κ2) is 8.75. The number of ether oxygens (including phenoxy) is 2. The number of aliphatic hydroxyl groups excluding tert-OH is 3. The van der Waals surface area contributed by atoms with E-state index in [1.807, 2.05) is 0 Å². The molecule has 4 rings (SSSR count). The van der Waals surface area contributed by atoms with Crippen LogP contribution >= 0.6 is 0 Å². The van der Waals surface area contributed by atoms with Crippen molar-refractivity contribution < 1.29 is 29.2 Å². The molecule has 3 heterocycles. The standard InChI is InChI=1S/C20H20N4O7/c1-2-5-29-15-6-11-3-4-18(26)31-14(11)7-16(15)30-17-9-24(23-22-17)8-12-19(27)20(28)13(10-25)21-12/h1,3-4,6-7,9,12-13,19-21,25,27-28H,5,8,10H2/t12-,13-,19-,20-/m1/s1. The van der Waals surface area contributed by atoms with Crippen LogP contribution in [0.4, 0.5) is 0 Å². The van der Waals surface area contributed by atoms with Crippen LogP contribution in [0.3, 0.4) is 0 Å². The van der Waals surface area contributed by atoms with E-state index in [0.717, 1.165) is 0 Å². The Morgan fingerprint density at radius 3 is 2.77 bits per heavy atom. The maximum Gasteiger partial charge on any atom is 0.336 e. The van der Waals surface area contributed by atoms with E-state index in [1.54, 1.807) is 12.1 Å². The smallest absolute Gasteiger partial charge is 0.336 e. The van der Waals surface area contributed by atoms with Crippen molar-refractivity contribution in [2.45, 2.75) is 30.8 Å². The van der Waals surface area contributed by atoms with Crippen LogP contribution in [-0.2, 0) is 6.54 Å². The average molecular weight is 428 g/mol. The quantitative estimate of drug-likeness (QED) is 0.279. The molecule has 0 unspecified atom stereocenters. The zero-order chi connectivity index (χ0) is 22.0. The lowest BCUT2D eigenvalue weighted by Gasteiger charge is -2.15. The molecule has 1 fully saturated rings. The van der Waals surface area contributed by atoms with Crippen molar-refractivity contribution in [1.82, 2.24) is 20.3 Å². The molecule has 2 aromatic heterocycles. The Bertz CT molecular complexity index is 1170. The number of hydrogen-bond acceptors (Lipinski definition) is 10. The Morgan fingerprint density at radius 2 is 2.03 bits per heavy atom. The van der Waals surface area contributed by atoms with Gasteiger partial charge in [-0.05, 0) is 12.1 Å². The maximum absolute atomic E-state index is 11.5. The summed E-state index contributed by atoms with van der Waals surface area (Å²) >= 11 is 0. The topological polar surface area (TPSA) is 152 Å². The van der Waals surface area contributed by atoms with Gasteiger partial charge in [0.05, 0.1) is 43.6 Å². The summed E-state index contributed by atoms with van der Waals surface area (Å²) in [6.07, 6.45) is 4.60. The SMILES string of the molecule is C#CCOc1cc2ccc(=O)oc2cc1Oc1cn(C[C@H]2N[C@H](CO)[C@@H](O)[C@@H]2O)nn1. The Hall–Kier alpha value is -3.43. The lowest BCUT2D eigenvalue weighted by atomic mass is 10.1. The summed E-state index contributed by atoms with van der Waals surface area (Å²) in [5, 5.41) is 40.7. The van der Waals surface area contributed by atoms with Crippen LogP contribution in [-0.4, -0.2) is 67.8 Å². The minimum Gasteiger partial charge on any atom is -0.477 e. The first-order valence-electron chi connectivity index (χ1n) is 9.43. The van der Waals surface area contributed by atoms with E-state index in [9.17, 15) is 20.1 Å². The van der Waals surface area contributed by atoms with Gasteiger partial charge in [0, 0.05) is 17.5 Å². The highest BCUT2D eigenvalue weighted by molar-refractivity contribution is 5.80. The summed E-state index contributed by atoms with van der Waals surface area (Å²) < 4.78 is 17.9. The number of aliphatic hydroxyl groups is 3. The van der Waals surface area contributed by atoms with Gasteiger partial charge < -0.3 is 34.5 Å². The van der Waals surface area contributed by atoms with Crippen LogP contribution in [0.15, 0.2) is 39.7 Å². The Kier molecular flexibility index (Phi) is 5.88. The van der Waals surface area contributed by atoms with Crippen LogP contribution in [0.5, 0.6) is 17.4 Å². The number of nitrogens with one attached hydrogen (secondary N) is 1. The highest BCUT2D eigenvalue weighted by Crippen LogP contribution is 2.34. The average Bonchev–Trinajstić information content (AvgIpc) is 3.31. The molecule has 1 saturated heterocycles. The number of benzene rings is 1. The minimum atomic E-state index is -1.09. The van der Waals surface area contributed by atoms with E-state index in [2.05, 4.69) is 21.5 Å². The third-order valence-corrected chi connectivity index (χ3v) is 4.91. The van der Waals surface area contributed by atoms with Crippen LogP contribution < -0.4 is 20.4 Å². The molecule has 0 aliphatic carbocycles. The van der Waals surface area contributed by atoms with E-state index in [-0.39, 0.29) is 31.4 Å². The van der Waals surface area contributed by atoms with E-state index in [1.165, 1.54) is 23.0 Å². The fraction of sp³-hybridized carbons (Fsp3) is 0.350. The van der Waals surface area contributed by atoms with Gasteiger partial charge in [-0.25, -0.2) is 9.48 Å². The van der Waals surface area contributed by atoms with Crippen LogP contribution in [0.1, 0.15) is 0 Å². The number of rotatable bonds is 7. The van der Waals surface area contributed by atoms with Crippen LogP contribution in [0.2, 0.25) is 0 Å². The van der Waals surface area contributed by atoms with E-state index < -0.39 is 29.9 Å². The first kappa shape index (κ1) is 20.8. The Morgan fingerprint density at radius 1 is 1.23 bits per heavy atom. The van der Waals surface area contributed by atoms with Gasteiger partial charge in [-0.1, -0.05) is 16.2 Å². The number of fused-ring (bicyclic) bond motifs is 1. The molecular formula is C20H20N4O7. The highest BCUT2D eigenvalue weighted by Gasteiger charge is 2.40. The first-order chi connectivity index (χ1) is 15.0. The molecule has 0 spiro atoms. The van der Waals surface area contributed by atoms with Crippen molar-refractivity contribution >= 4 is 11.0 Å². The molecule has 4 atom stereocenters. The number of terminal acetylenes is 1. The largest absolute Gasteiger partial charge is 0.477 e. The van der Waals surface area contributed by atoms with Gasteiger partial charge in [0.15, 0.2) is 11.5 Å². The van der Waals surface area contributed by atoms with Crippen molar-refractivity contribution in [3.8, 4) is 29.7 Å². The van der Waals surface area contributed by atoms with Crippen molar-refractivity contribution in [3.05, 3.63) is 40.9 Å². The molecule has 11 heteroatoms. The number of hydrogen-bond donors (Lipinski definition) is 4. The van der Waals surface area contributed by atoms with E-state index in [4.69, 9.17) is 20.3 Å². The summed E-state index contributed by atoms with van der Waals surface area (Å²) in [4.78, 5) is 11.5. The molecule has 1 aromatic carbocycles. The number of aromatic nitrogens is 3. The summed E-state index contributed by atoms with van der Waals surface area (Å²) in [7, 11) is 0. The van der Waals surface area contributed by atoms with Gasteiger partial charge in [-0.3, -0.25) is 0 Å². The van der Waals surface area contributed by atoms with E-state index >= 15 is 0 Å². The monoisotopic (exact) mass is 428 g/mol. The van der Waals surface area contributed by atoms with Gasteiger partial charge in [-0.15, -0.1) is 6.42 Å². The zero-order valence-electron chi connectivity index (χ0n) is 16.2. The second-order valence-electron chi connectivity index (χ2n) is 7.01. The van der Waals surface area contributed by atoms with Crippen molar-refractivity contribution in [2.24, 2.45) is 0 Å². The minimum absolute atomic E-state index is 0.00489. The summed E-state index contributed by atoms with van der Waals surface area (Å²) in [5.41, 5.74) is -0.210. The molecule has 0 amide bonds. The summed E-state index contributed by atoms with van der Waals surface area (Å²) in [6, 6.07) is 4.85. The molecule has 31 heavy (non-hydrogen) atoms. The predicted molar refractivity (Wildman–Crippen MR) is 107 cm³/mol. The molecule has 1 aliphatic rings. The highest BCUT2D eigenvalue weighted by atomic mass is 16.5. The Balaban J connectivity index is 1.55. The van der Waals surface area contributed by atoms with Gasteiger partial charge >= 0.3 is 5.63 Å². The third kappa shape index (κ3) is 4.37. The molecule has 4 N–H and O–H groups in total. The predicted octanol–water partition coefficient (Wildman–Crippen LogP) is -0.757. The molecular weight excluding hydrogens is 408 g/mol. The zero-order valence-corrected chi connectivity index (χ0v) is 16.2. The Labute approximate surface area is 175 Å². The number of nitrogens with zero attached hydrogens (tertiary/aromatic N) is 3. The molecule has 3 aromatic rings. The molecule has 11 nitrogen and oxygen atoms in total. The molecule has 0 bridgehead atoms. The van der Waals surface area contributed by atoms with Crippen LogP contribution in [0.25, 0.3) is 11.0 Å². The first-order valence-corrected chi connectivity index (χ1v) is 9.43. The summed E-state index contributed by atoms with van der Waals surface area (Å²) in [6.45, 7) is -0.123. The van der Waals surface area contributed by atoms with Crippen molar-refractivity contribution in [2.75, 3.05) is 13.2 Å². The van der Waals surface area contributed by atoms with Gasteiger partial charge in [0.2, 0.25) is 0 Å². The van der Waals surface area contributed by atoms with Gasteiger partial charge in [0.1, 0.15) is 12.2 Å². The van der Waals surface area contributed by atoms with Crippen molar-refractivity contribution in [1.29, 1.82) is 0 Å². The lowest BCUT2D eigenvalue weighted by molar-refractivity contribution is 0.0175. The normalized spacial score (nSPS) is 23.0. The fourth-order valence-electron chi connectivity index (χ4n) is 3.39. The maximum atomic E-state index is 11.5. The molecule has 162 valence electrons. The van der Waals surface area contributed by atoms with E-state index in [0.29, 0.717) is 16.7 Å². The van der Waals surface area contributed by atoms with Gasteiger partial charge in [-0.2, -0.15) is 0 Å². The summed E-state index contributed by atoms with van der Waals surface area (Å²) in [5.74, 6) is 3.04. The van der Waals surface area contributed by atoms with Crippen LogP contribution in [0, 0.1) is 12.3 Å². The molecule has 0 radical (unpaired) electrons. The fourth-order valence-corrected chi connectivity index (χ4v) is 3.39. The van der Waals surface area contributed by atoms with Gasteiger partial charge in [0.25, 0.3) is 5.88 Å². The van der Waals surface area contributed by atoms with Crippen molar-refractivity contribution in [3.63, 3.8) is 0 Å². The molecule has 0 saturated carbocycles. The lowest BCUT2D eigenvalue weighted by Crippen LogP contribution is -2.38. The third-order valence-electron chi connectivity index (χ3n) is 4.91. The molecule has 1 aliphatic heterocycles.